The average Bonchev–Trinajstić information content (AvgIpc) is 3.28. The second-order valence-corrected chi connectivity index (χ2v) is 8.15. The molecule has 0 fully saturated rings. The van der Waals surface area contributed by atoms with Crippen molar-refractivity contribution in [1.82, 2.24) is 14.8 Å². The van der Waals surface area contributed by atoms with Gasteiger partial charge in [-0.1, -0.05) is 40.2 Å². The van der Waals surface area contributed by atoms with E-state index in [-0.39, 0.29) is 5.91 Å². The molecule has 2 aromatic carbocycles. The zero-order chi connectivity index (χ0) is 18.6. The molecule has 1 amide bonds. The smallest absolute Gasteiger partial charge is 0.225 e. The van der Waals surface area contributed by atoms with Crippen molar-refractivity contribution in [1.29, 1.82) is 0 Å². The molecule has 27 heavy (non-hydrogen) atoms. The SMILES string of the molecule is O=C(CCc1nc2ccccc2s1)Nc1ccnn1Cc1ccc(Br)cc1. The van der Waals surface area contributed by atoms with Crippen LogP contribution in [0.5, 0.6) is 0 Å². The van der Waals surface area contributed by atoms with Crippen molar-refractivity contribution < 1.29 is 4.79 Å². The Bertz CT molecular complexity index is 1040. The van der Waals surface area contributed by atoms with Gasteiger partial charge in [0, 0.05) is 23.4 Å². The van der Waals surface area contributed by atoms with Crippen LogP contribution in [0.1, 0.15) is 17.0 Å². The first-order valence-electron chi connectivity index (χ1n) is 8.58. The van der Waals surface area contributed by atoms with Gasteiger partial charge in [-0.3, -0.25) is 4.79 Å². The van der Waals surface area contributed by atoms with Crippen LogP contribution in [0.15, 0.2) is 65.3 Å². The van der Waals surface area contributed by atoms with Crippen LogP contribution in [0.3, 0.4) is 0 Å². The number of nitrogens with zero attached hydrogens (tertiary/aromatic N) is 3. The van der Waals surface area contributed by atoms with Gasteiger partial charge < -0.3 is 5.32 Å². The Morgan fingerprint density at radius 2 is 1.93 bits per heavy atom. The number of hydrogen-bond acceptors (Lipinski definition) is 4. The van der Waals surface area contributed by atoms with E-state index in [4.69, 9.17) is 0 Å². The predicted molar refractivity (Wildman–Crippen MR) is 112 cm³/mol. The minimum absolute atomic E-state index is 0.0354. The highest BCUT2D eigenvalue weighted by molar-refractivity contribution is 9.10. The Balaban J connectivity index is 1.37. The van der Waals surface area contributed by atoms with Gasteiger partial charge >= 0.3 is 0 Å². The van der Waals surface area contributed by atoms with Crippen molar-refractivity contribution in [2.24, 2.45) is 0 Å². The van der Waals surface area contributed by atoms with Crippen LogP contribution < -0.4 is 5.32 Å². The average molecular weight is 441 g/mol. The zero-order valence-electron chi connectivity index (χ0n) is 14.4. The summed E-state index contributed by atoms with van der Waals surface area (Å²) in [5, 5.41) is 8.25. The fourth-order valence-corrected chi connectivity index (χ4v) is 4.01. The fraction of sp³-hybridized carbons (Fsp3) is 0.150. The van der Waals surface area contributed by atoms with Gasteiger partial charge in [0.15, 0.2) is 0 Å². The van der Waals surface area contributed by atoms with E-state index in [0.717, 1.165) is 25.3 Å². The summed E-state index contributed by atoms with van der Waals surface area (Å²) in [5.74, 6) is 0.666. The Morgan fingerprint density at radius 1 is 1.11 bits per heavy atom. The normalized spacial score (nSPS) is 11.0. The van der Waals surface area contributed by atoms with Crippen LogP contribution in [0.4, 0.5) is 5.82 Å². The molecule has 7 heteroatoms. The maximum Gasteiger partial charge on any atom is 0.225 e. The molecule has 2 aromatic heterocycles. The minimum Gasteiger partial charge on any atom is -0.311 e. The van der Waals surface area contributed by atoms with Gasteiger partial charge in [-0.05, 0) is 29.8 Å². The fourth-order valence-electron chi connectivity index (χ4n) is 2.78. The maximum atomic E-state index is 12.4. The largest absolute Gasteiger partial charge is 0.311 e. The Labute approximate surface area is 169 Å². The number of para-hydroxylation sites is 1. The lowest BCUT2D eigenvalue weighted by Gasteiger charge is -2.09. The molecule has 1 N–H and O–H groups in total. The van der Waals surface area contributed by atoms with Gasteiger partial charge in [0.1, 0.15) is 5.82 Å². The van der Waals surface area contributed by atoms with Gasteiger partial charge in [0.25, 0.3) is 0 Å². The number of carbonyl (C=O) groups is 1. The topological polar surface area (TPSA) is 59.8 Å². The van der Waals surface area contributed by atoms with Gasteiger partial charge in [0.2, 0.25) is 5.91 Å². The minimum atomic E-state index is -0.0354. The second-order valence-electron chi connectivity index (χ2n) is 6.12. The molecule has 136 valence electrons. The van der Waals surface area contributed by atoms with Crippen molar-refractivity contribution in [3.8, 4) is 0 Å². The predicted octanol–water partition coefficient (Wildman–Crippen LogP) is 4.87. The molecule has 0 aliphatic rings. The molecule has 0 bridgehead atoms. The van der Waals surface area contributed by atoms with E-state index in [2.05, 4.69) is 37.4 Å². The summed E-state index contributed by atoms with van der Waals surface area (Å²) in [6.45, 7) is 0.605. The number of fused-ring (bicyclic) bond motifs is 1. The third kappa shape index (κ3) is 4.43. The summed E-state index contributed by atoms with van der Waals surface area (Å²) in [7, 11) is 0. The zero-order valence-corrected chi connectivity index (χ0v) is 16.8. The highest BCUT2D eigenvalue weighted by Gasteiger charge is 2.10. The van der Waals surface area contributed by atoms with Crippen LogP contribution in [-0.2, 0) is 17.8 Å². The van der Waals surface area contributed by atoms with E-state index >= 15 is 0 Å². The number of nitrogens with one attached hydrogen (secondary N) is 1. The quantitative estimate of drug-likeness (QED) is 0.464. The number of hydrogen-bond donors (Lipinski definition) is 1. The van der Waals surface area contributed by atoms with E-state index in [0.29, 0.717) is 25.2 Å². The Kier molecular flexibility index (Phi) is 5.31. The van der Waals surface area contributed by atoms with Gasteiger partial charge in [-0.15, -0.1) is 11.3 Å². The molecule has 0 radical (unpaired) electrons. The summed E-state index contributed by atoms with van der Waals surface area (Å²) in [6, 6.07) is 17.9. The standard InChI is InChI=1S/C20H17BrN4OS/c21-15-7-5-14(6-8-15)13-25-18(11-12-22-25)24-19(26)9-10-20-23-16-3-1-2-4-17(16)27-20/h1-8,11-12H,9-10,13H2,(H,24,26). The summed E-state index contributed by atoms with van der Waals surface area (Å²) < 4.78 is 3.98. The van der Waals surface area contributed by atoms with Crippen molar-refractivity contribution in [2.45, 2.75) is 19.4 Å². The molecule has 0 aliphatic heterocycles. The molecular weight excluding hydrogens is 424 g/mol. The molecule has 4 rings (SSSR count). The van der Waals surface area contributed by atoms with E-state index in [1.54, 1.807) is 22.2 Å². The van der Waals surface area contributed by atoms with Crippen LogP contribution in [-0.4, -0.2) is 20.7 Å². The number of amides is 1. The van der Waals surface area contributed by atoms with Crippen molar-refractivity contribution >= 4 is 49.2 Å². The van der Waals surface area contributed by atoms with E-state index in [1.807, 2.05) is 48.5 Å². The van der Waals surface area contributed by atoms with Crippen molar-refractivity contribution in [3.63, 3.8) is 0 Å². The molecule has 2 heterocycles. The Morgan fingerprint density at radius 3 is 2.74 bits per heavy atom. The van der Waals surface area contributed by atoms with E-state index in [9.17, 15) is 4.79 Å². The highest BCUT2D eigenvalue weighted by Crippen LogP contribution is 2.22. The lowest BCUT2D eigenvalue weighted by atomic mass is 10.2. The van der Waals surface area contributed by atoms with Gasteiger partial charge in [-0.2, -0.15) is 5.10 Å². The molecule has 0 saturated heterocycles. The van der Waals surface area contributed by atoms with Crippen LogP contribution in [0, 0.1) is 0 Å². The third-order valence-corrected chi connectivity index (χ3v) is 5.76. The first kappa shape index (κ1) is 17.9. The first-order chi connectivity index (χ1) is 13.2. The van der Waals surface area contributed by atoms with Crippen molar-refractivity contribution in [3.05, 3.63) is 75.8 Å². The number of aromatic nitrogens is 3. The molecule has 5 nitrogen and oxygen atoms in total. The second kappa shape index (κ2) is 8.02. The highest BCUT2D eigenvalue weighted by atomic mass is 79.9. The number of carbonyl (C=O) groups excluding carboxylic acids is 1. The summed E-state index contributed by atoms with van der Waals surface area (Å²) in [5.41, 5.74) is 2.11. The lowest BCUT2D eigenvalue weighted by molar-refractivity contribution is -0.116. The van der Waals surface area contributed by atoms with Crippen LogP contribution in [0.25, 0.3) is 10.2 Å². The Hall–Kier alpha value is -2.51. The number of anilines is 1. The number of aryl methyl sites for hydroxylation is 1. The lowest BCUT2D eigenvalue weighted by Crippen LogP contribution is -2.16. The van der Waals surface area contributed by atoms with Gasteiger partial charge in [-0.25, -0.2) is 9.67 Å². The molecule has 0 unspecified atom stereocenters. The monoisotopic (exact) mass is 440 g/mol. The number of halogens is 1. The molecule has 4 aromatic rings. The molecule has 0 saturated carbocycles. The third-order valence-electron chi connectivity index (χ3n) is 4.13. The van der Waals surface area contributed by atoms with E-state index in [1.165, 1.54) is 0 Å². The first-order valence-corrected chi connectivity index (χ1v) is 10.2. The molecule has 0 aliphatic carbocycles. The number of thiazole rings is 1. The molecular formula is C20H17BrN4OS. The summed E-state index contributed by atoms with van der Waals surface area (Å²) in [6.07, 6.45) is 2.72. The molecule has 0 atom stereocenters. The summed E-state index contributed by atoms with van der Waals surface area (Å²) in [4.78, 5) is 16.9. The summed E-state index contributed by atoms with van der Waals surface area (Å²) >= 11 is 5.08. The van der Waals surface area contributed by atoms with Crippen LogP contribution >= 0.6 is 27.3 Å². The van der Waals surface area contributed by atoms with Gasteiger partial charge in [0.05, 0.1) is 28.0 Å². The van der Waals surface area contributed by atoms with E-state index < -0.39 is 0 Å². The number of rotatable bonds is 6. The molecule has 0 spiro atoms. The van der Waals surface area contributed by atoms with Crippen molar-refractivity contribution in [2.75, 3.05) is 5.32 Å². The maximum absolute atomic E-state index is 12.4. The number of benzene rings is 2. The van der Waals surface area contributed by atoms with Crippen LogP contribution in [0.2, 0.25) is 0 Å².